The maximum atomic E-state index is 12.8. The third kappa shape index (κ3) is 3.84. The Labute approximate surface area is 173 Å². The van der Waals surface area contributed by atoms with Crippen molar-refractivity contribution in [2.75, 3.05) is 4.90 Å². The van der Waals surface area contributed by atoms with E-state index in [1.54, 1.807) is 4.90 Å². The molecule has 1 amide bonds. The van der Waals surface area contributed by atoms with Crippen molar-refractivity contribution in [1.82, 2.24) is 25.8 Å². The van der Waals surface area contributed by atoms with Crippen LogP contribution in [0.4, 0.5) is 5.69 Å². The number of anilines is 1. The number of amides is 1. The summed E-state index contributed by atoms with van der Waals surface area (Å²) in [6.07, 6.45) is 0.400. The monoisotopic (exact) mass is 402 g/mol. The quantitative estimate of drug-likeness (QED) is 0.521. The Hall–Kier alpha value is -3.81. The summed E-state index contributed by atoms with van der Waals surface area (Å²) in [4.78, 5) is 14.6. The van der Waals surface area contributed by atoms with Gasteiger partial charge in [-0.1, -0.05) is 42.4 Å². The Morgan fingerprint density at radius 2 is 1.90 bits per heavy atom. The van der Waals surface area contributed by atoms with E-state index in [4.69, 9.17) is 4.52 Å². The molecule has 0 unspecified atom stereocenters. The summed E-state index contributed by atoms with van der Waals surface area (Å²) in [6.45, 7) is 6.13. The number of aryl methyl sites for hydroxylation is 2. The second-order valence-electron chi connectivity index (χ2n) is 7.03. The molecule has 0 saturated carbocycles. The van der Waals surface area contributed by atoms with Crippen molar-refractivity contribution < 1.29 is 9.32 Å². The number of aromatic amines is 1. The van der Waals surface area contributed by atoms with Gasteiger partial charge in [0.2, 0.25) is 5.91 Å². The minimum Gasteiger partial charge on any atom is -0.361 e. The summed E-state index contributed by atoms with van der Waals surface area (Å²) >= 11 is 0. The highest BCUT2D eigenvalue weighted by Gasteiger charge is 2.17. The normalized spacial score (nSPS) is 10.9. The maximum absolute atomic E-state index is 12.8. The molecule has 152 valence electrons. The van der Waals surface area contributed by atoms with E-state index in [1.165, 1.54) is 0 Å². The topological polar surface area (TPSA) is 101 Å². The third-order valence-corrected chi connectivity index (χ3v) is 4.97. The highest BCUT2D eigenvalue weighted by Crippen LogP contribution is 2.29. The summed E-state index contributed by atoms with van der Waals surface area (Å²) in [5, 5.41) is 18.0. The number of benzene rings is 2. The van der Waals surface area contributed by atoms with E-state index in [-0.39, 0.29) is 5.91 Å². The van der Waals surface area contributed by atoms with Gasteiger partial charge in [0.1, 0.15) is 5.76 Å². The number of hydrogen-bond acceptors (Lipinski definition) is 6. The van der Waals surface area contributed by atoms with Crippen LogP contribution in [0.5, 0.6) is 0 Å². The molecule has 0 aliphatic heterocycles. The summed E-state index contributed by atoms with van der Waals surface area (Å²) in [7, 11) is 0. The average Bonchev–Trinajstić information content (AvgIpc) is 3.42. The number of H-pyrrole nitrogens is 1. The molecule has 0 aliphatic carbocycles. The van der Waals surface area contributed by atoms with E-state index in [1.807, 2.05) is 63.2 Å². The molecular formula is C22H22N6O2. The summed E-state index contributed by atoms with van der Waals surface area (Å²) in [5.41, 5.74) is 5.48. The van der Waals surface area contributed by atoms with Gasteiger partial charge in [0.25, 0.3) is 0 Å². The lowest BCUT2D eigenvalue weighted by molar-refractivity contribution is -0.118. The molecule has 2 aromatic carbocycles. The lowest BCUT2D eigenvalue weighted by Gasteiger charge is -2.23. The van der Waals surface area contributed by atoms with Gasteiger partial charge < -0.3 is 9.42 Å². The number of carbonyl (C=O) groups excluding carboxylic acids is 1. The van der Waals surface area contributed by atoms with Gasteiger partial charge in [0.05, 0.1) is 12.2 Å². The zero-order valence-electron chi connectivity index (χ0n) is 17.1. The minimum atomic E-state index is 0.0330. The van der Waals surface area contributed by atoms with Crippen LogP contribution in [0.1, 0.15) is 30.4 Å². The van der Waals surface area contributed by atoms with Crippen LogP contribution in [0.25, 0.3) is 22.5 Å². The zero-order chi connectivity index (χ0) is 21.1. The fourth-order valence-electron chi connectivity index (χ4n) is 3.52. The number of carbonyl (C=O) groups is 1. The summed E-state index contributed by atoms with van der Waals surface area (Å²) in [6, 6.07) is 15.7. The smallest absolute Gasteiger partial charge is 0.227 e. The van der Waals surface area contributed by atoms with Gasteiger partial charge in [-0.25, -0.2) is 5.10 Å². The standard InChI is InChI=1S/C22H22N6O2/c1-4-20(29)28(19-10-6-9-18(12-19)22-23-26-27-24-22)13-16-7-5-8-17(11-16)21-14(2)25-30-15(21)3/h5-12H,4,13H2,1-3H3,(H,23,24,26,27). The van der Waals surface area contributed by atoms with Crippen LogP contribution in [0.3, 0.4) is 0 Å². The molecule has 0 spiro atoms. The number of hydrogen-bond donors (Lipinski definition) is 1. The lowest BCUT2D eigenvalue weighted by Crippen LogP contribution is -2.29. The van der Waals surface area contributed by atoms with Gasteiger partial charge >= 0.3 is 0 Å². The molecule has 0 bridgehead atoms. The van der Waals surface area contributed by atoms with Gasteiger partial charge in [0, 0.05) is 23.2 Å². The first kappa shape index (κ1) is 19.5. The Kier molecular flexibility index (Phi) is 5.38. The molecule has 8 nitrogen and oxygen atoms in total. The number of tetrazole rings is 1. The van der Waals surface area contributed by atoms with Crippen molar-refractivity contribution in [1.29, 1.82) is 0 Å². The lowest BCUT2D eigenvalue weighted by atomic mass is 10.0. The van der Waals surface area contributed by atoms with Crippen molar-refractivity contribution in [2.24, 2.45) is 0 Å². The third-order valence-electron chi connectivity index (χ3n) is 4.97. The molecule has 0 radical (unpaired) electrons. The molecule has 4 aromatic rings. The van der Waals surface area contributed by atoms with Gasteiger partial charge in [-0.15, -0.1) is 5.10 Å². The Balaban J connectivity index is 1.68. The van der Waals surface area contributed by atoms with Gasteiger partial charge in [0.15, 0.2) is 5.82 Å². The van der Waals surface area contributed by atoms with Crippen LogP contribution >= 0.6 is 0 Å². The molecule has 30 heavy (non-hydrogen) atoms. The summed E-state index contributed by atoms with van der Waals surface area (Å²) < 4.78 is 5.31. The van der Waals surface area contributed by atoms with E-state index >= 15 is 0 Å². The largest absolute Gasteiger partial charge is 0.361 e. The minimum absolute atomic E-state index is 0.0330. The van der Waals surface area contributed by atoms with Gasteiger partial charge in [-0.05, 0) is 53.6 Å². The predicted octanol–water partition coefficient (Wildman–Crippen LogP) is 4.08. The van der Waals surface area contributed by atoms with Crippen molar-refractivity contribution in [2.45, 2.75) is 33.7 Å². The molecular weight excluding hydrogens is 380 g/mol. The van der Waals surface area contributed by atoms with E-state index in [0.29, 0.717) is 18.8 Å². The van der Waals surface area contributed by atoms with Gasteiger partial charge in [-0.3, -0.25) is 4.79 Å². The van der Waals surface area contributed by atoms with Crippen molar-refractivity contribution in [3.8, 4) is 22.5 Å². The Bertz CT molecular complexity index is 1150. The van der Waals surface area contributed by atoms with E-state index in [0.717, 1.165) is 39.4 Å². The zero-order valence-corrected chi connectivity index (χ0v) is 17.1. The highest BCUT2D eigenvalue weighted by atomic mass is 16.5. The van der Waals surface area contributed by atoms with Crippen LogP contribution in [0.2, 0.25) is 0 Å². The predicted molar refractivity (Wildman–Crippen MR) is 113 cm³/mol. The van der Waals surface area contributed by atoms with E-state index in [9.17, 15) is 4.79 Å². The average molecular weight is 402 g/mol. The number of aromatic nitrogens is 5. The van der Waals surface area contributed by atoms with Crippen LogP contribution in [0, 0.1) is 13.8 Å². The first-order valence-electron chi connectivity index (χ1n) is 9.73. The SMILES string of the molecule is CCC(=O)N(Cc1cccc(-c2c(C)noc2C)c1)c1cccc(-c2nnn[nH]2)c1. The van der Waals surface area contributed by atoms with Crippen molar-refractivity contribution in [3.05, 3.63) is 65.5 Å². The second-order valence-corrected chi connectivity index (χ2v) is 7.03. The number of nitrogens with zero attached hydrogens (tertiary/aromatic N) is 5. The molecule has 1 N–H and O–H groups in total. The molecule has 2 aromatic heterocycles. The molecule has 0 aliphatic rings. The van der Waals surface area contributed by atoms with Crippen LogP contribution in [-0.4, -0.2) is 31.7 Å². The highest BCUT2D eigenvalue weighted by molar-refractivity contribution is 5.93. The first-order valence-corrected chi connectivity index (χ1v) is 9.73. The van der Waals surface area contributed by atoms with Gasteiger partial charge in [-0.2, -0.15) is 0 Å². The van der Waals surface area contributed by atoms with Crippen LogP contribution in [-0.2, 0) is 11.3 Å². The maximum Gasteiger partial charge on any atom is 0.227 e. The Morgan fingerprint density at radius 3 is 2.60 bits per heavy atom. The molecule has 0 saturated heterocycles. The first-order chi connectivity index (χ1) is 14.6. The molecule has 4 rings (SSSR count). The van der Waals surface area contributed by atoms with Crippen LogP contribution in [0.15, 0.2) is 53.1 Å². The fraction of sp³-hybridized carbons (Fsp3) is 0.227. The van der Waals surface area contributed by atoms with Crippen molar-refractivity contribution >= 4 is 11.6 Å². The molecule has 0 atom stereocenters. The fourth-order valence-corrected chi connectivity index (χ4v) is 3.52. The van der Waals surface area contributed by atoms with Crippen molar-refractivity contribution in [3.63, 3.8) is 0 Å². The van der Waals surface area contributed by atoms with E-state index in [2.05, 4.69) is 31.8 Å². The number of rotatable bonds is 6. The molecule has 2 heterocycles. The van der Waals surface area contributed by atoms with Crippen LogP contribution < -0.4 is 4.90 Å². The van der Waals surface area contributed by atoms with E-state index < -0.39 is 0 Å². The molecule has 0 fully saturated rings. The molecule has 8 heteroatoms. The Morgan fingerprint density at radius 1 is 1.10 bits per heavy atom. The number of nitrogens with one attached hydrogen (secondary N) is 1. The second kappa shape index (κ2) is 8.28. The summed E-state index contributed by atoms with van der Waals surface area (Å²) in [5.74, 6) is 1.37.